The van der Waals surface area contributed by atoms with Gasteiger partial charge in [-0.25, -0.2) is 0 Å². The number of phenolic OH excluding ortho intramolecular Hbond substituents is 1. The van der Waals surface area contributed by atoms with Crippen LogP contribution in [0.4, 0.5) is 5.69 Å². The number of benzene rings is 3. The number of phenols is 1. The average molecular weight is 383 g/mol. The predicted octanol–water partition coefficient (Wildman–Crippen LogP) is 4.23. The molecule has 3 aromatic carbocycles. The van der Waals surface area contributed by atoms with Crippen LogP contribution in [0.2, 0.25) is 0 Å². The van der Waals surface area contributed by atoms with E-state index < -0.39 is 4.92 Å². The maximum atomic E-state index is 11.2. The Bertz CT molecular complexity index is 1390. The van der Waals surface area contributed by atoms with Crippen molar-refractivity contribution in [3.63, 3.8) is 0 Å². The minimum absolute atomic E-state index is 0.0289. The summed E-state index contributed by atoms with van der Waals surface area (Å²) >= 11 is 0. The molecule has 0 amide bonds. The number of hydrogen-bond acceptors (Lipinski definition) is 6. The van der Waals surface area contributed by atoms with E-state index in [0.29, 0.717) is 22.7 Å². The van der Waals surface area contributed by atoms with E-state index in [-0.39, 0.29) is 11.4 Å². The molecular formula is C21H13N5O3. The summed E-state index contributed by atoms with van der Waals surface area (Å²) in [5.74, 6) is 0.579. The number of nitro groups is 1. The molecule has 0 saturated heterocycles. The van der Waals surface area contributed by atoms with Crippen LogP contribution in [0.3, 0.4) is 0 Å². The van der Waals surface area contributed by atoms with Crippen molar-refractivity contribution >= 4 is 22.1 Å². The minimum Gasteiger partial charge on any atom is -0.508 e. The zero-order valence-corrected chi connectivity index (χ0v) is 14.9. The fourth-order valence-electron chi connectivity index (χ4n) is 3.35. The number of fused-ring (bicyclic) bond motifs is 3. The normalized spacial score (nSPS) is 11.2. The van der Waals surface area contributed by atoms with Gasteiger partial charge in [0, 0.05) is 34.0 Å². The second-order valence-electron chi connectivity index (χ2n) is 6.51. The first-order valence-corrected chi connectivity index (χ1v) is 8.80. The van der Waals surface area contributed by atoms with Crippen molar-refractivity contribution in [1.82, 2.24) is 19.8 Å². The number of nitrogens with zero attached hydrogens (tertiary/aromatic N) is 5. The first kappa shape index (κ1) is 16.8. The summed E-state index contributed by atoms with van der Waals surface area (Å²) in [5, 5.41) is 35.8. The van der Waals surface area contributed by atoms with Gasteiger partial charge in [-0.15, -0.1) is 10.2 Å². The van der Waals surface area contributed by atoms with Crippen molar-refractivity contribution in [3.8, 4) is 28.4 Å². The smallest absolute Gasteiger partial charge is 0.270 e. The SMILES string of the molecule is O=[N+]([O-])c1cccc(-c2nnc3c4ccccc4c(-c4ccc(O)cc4)nn23)c1. The molecule has 1 N–H and O–H groups in total. The Morgan fingerprint density at radius 3 is 2.38 bits per heavy atom. The van der Waals surface area contributed by atoms with Crippen LogP contribution < -0.4 is 0 Å². The van der Waals surface area contributed by atoms with Gasteiger partial charge in [-0.05, 0) is 24.3 Å². The lowest BCUT2D eigenvalue weighted by Crippen LogP contribution is -1.99. The van der Waals surface area contributed by atoms with Gasteiger partial charge in [0.05, 0.1) is 10.6 Å². The molecule has 5 rings (SSSR count). The van der Waals surface area contributed by atoms with Gasteiger partial charge >= 0.3 is 0 Å². The summed E-state index contributed by atoms with van der Waals surface area (Å²) < 4.78 is 1.60. The van der Waals surface area contributed by atoms with Crippen LogP contribution in [-0.2, 0) is 0 Å². The van der Waals surface area contributed by atoms with Gasteiger partial charge < -0.3 is 5.11 Å². The number of non-ortho nitro benzene ring substituents is 1. The van der Waals surface area contributed by atoms with Gasteiger partial charge in [-0.2, -0.15) is 9.61 Å². The van der Waals surface area contributed by atoms with E-state index in [9.17, 15) is 15.2 Å². The van der Waals surface area contributed by atoms with Crippen LogP contribution in [0.25, 0.3) is 39.1 Å². The largest absolute Gasteiger partial charge is 0.508 e. The molecule has 140 valence electrons. The van der Waals surface area contributed by atoms with Crippen LogP contribution in [0.1, 0.15) is 0 Å². The summed E-state index contributed by atoms with van der Waals surface area (Å²) in [4.78, 5) is 10.7. The van der Waals surface area contributed by atoms with E-state index in [4.69, 9.17) is 5.10 Å². The molecule has 0 bridgehead atoms. The Morgan fingerprint density at radius 2 is 1.62 bits per heavy atom. The fourth-order valence-corrected chi connectivity index (χ4v) is 3.35. The van der Waals surface area contributed by atoms with Gasteiger partial charge in [0.15, 0.2) is 11.5 Å². The third-order valence-electron chi connectivity index (χ3n) is 4.72. The topological polar surface area (TPSA) is 106 Å². The number of rotatable bonds is 3. The summed E-state index contributed by atoms with van der Waals surface area (Å²) in [7, 11) is 0. The summed E-state index contributed by atoms with van der Waals surface area (Å²) in [6.07, 6.45) is 0. The van der Waals surface area contributed by atoms with Crippen molar-refractivity contribution in [1.29, 1.82) is 0 Å². The molecule has 2 aromatic heterocycles. The van der Waals surface area contributed by atoms with E-state index in [2.05, 4.69) is 10.2 Å². The molecule has 8 nitrogen and oxygen atoms in total. The summed E-state index contributed by atoms with van der Waals surface area (Å²) in [5.41, 5.74) is 2.59. The zero-order valence-electron chi connectivity index (χ0n) is 14.9. The van der Waals surface area contributed by atoms with Gasteiger partial charge in [-0.3, -0.25) is 10.1 Å². The lowest BCUT2D eigenvalue weighted by molar-refractivity contribution is -0.384. The molecule has 0 spiro atoms. The Balaban J connectivity index is 1.82. The molecule has 29 heavy (non-hydrogen) atoms. The molecule has 2 heterocycles. The van der Waals surface area contributed by atoms with Gasteiger partial charge in [0.2, 0.25) is 0 Å². The highest BCUT2D eigenvalue weighted by molar-refractivity contribution is 6.01. The van der Waals surface area contributed by atoms with Gasteiger partial charge in [0.25, 0.3) is 5.69 Å². The molecule has 0 atom stereocenters. The van der Waals surface area contributed by atoms with Gasteiger partial charge in [-0.1, -0.05) is 36.4 Å². The van der Waals surface area contributed by atoms with Crippen LogP contribution in [0, 0.1) is 10.1 Å². The fraction of sp³-hybridized carbons (Fsp3) is 0. The molecular weight excluding hydrogens is 370 g/mol. The molecule has 0 aliphatic carbocycles. The first-order valence-electron chi connectivity index (χ1n) is 8.80. The number of aromatic nitrogens is 4. The van der Waals surface area contributed by atoms with Crippen LogP contribution >= 0.6 is 0 Å². The van der Waals surface area contributed by atoms with Crippen molar-refractivity contribution < 1.29 is 10.0 Å². The molecule has 0 radical (unpaired) electrons. The Kier molecular flexibility index (Phi) is 3.70. The predicted molar refractivity (Wildman–Crippen MR) is 107 cm³/mol. The highest BCUT2D eigenvalue weighted by atomic mass is 16.6. The third-order valence-corrected chi connectivity index (χ3v) is 4.72. The lowest BCUT2D eigenvalue weighted by atomic mass is 10.0. The quantitative estimate of drug-likeness (QED) is 0.369. The van der Waals surface area contributed by atoms with Gasteiger partial charge in [0.1, 0.15) is 5.75 Å². The standard InChI is InChI=1S/C21H13N5O3/c27-16-10-8-13(9-11-16)19-17-6-1-2-7-18(17)21-23-22-20(25(21)24-19)14-4-3-5-15(12-14)26(28)29/h1-12,27H. The maximum absolute atomic E-state index is 11.2. The van der Waals surface area contributed by atoms with E-state index in [1.54, 1.807) is 40.9 Å². The third kappa shape index (κ3) is 2.74. The van der Waals surface area contributed by atoms with Crippen molar-refractivity contribution in [2.75, 3.05) is 0 Å². The number of hydrogen-bond donors (Lipinski definition) is 1. The highest BCUT2D eigenvalue weighted by Gasteiger charge is 2.17. The van der Waals surface area contributed by atoms with Crippen LogP contribution in [0.5, 0.6) is 5.75 Å². The van der Waals surface area contributed by atoms with Crippen LogP contribution in [-0.4, -0.2) is 29.8 Å². The molecule has 0 fully saturated rings. The highest BCUT2D eigenvalue weighted by Crippen LogP contribution is 2.31. The maximum Gasteiger partial charge on any atom is 0.270 e. The van der Waals surface area contributed by atoms with E-state index >= 15 is 0 Å². The Hall–Kier alpha value is -4.33. The van der Waals surface area contributed by atoms with Crippen LogP contribution in [0.15, 0.2) is 72.8 Å². The van der Waals surface area contributed by atoms with E-state index in [0.717, 1.165) is 16.3 Å². The summed E-state index contributed by atoms with van der Waals surface area (Å²) in [6, 6.07) is 20.7. The average Bonchev–Trinajstić information content (AvgIpc) is 3.18. The van der Waals surface area contributed by atoms with E-state index in [1.165, 1.54) is 12.1 Å². The minimum atomic E-state index is -0.447. The molecule has 0 saturated carbocycles. The zero-order chi connectivity index (χ0) is 20.0. The van der Waals surface area contributed by atoms with Crippen molar-refractivity contribution in [2.24, 2.45) is 0 Å². The molecule has 0 unspecified atom stereocenters. The molecule has 5 aromatic rings. The second kappa shape index (κ2) is 6.38. The Labute approximate surface area is 163 Å². The monoisotopic (exact) mass is 383 g/mol. The number of aromatic hydroxyl groups is 1. The molecule has 0 aliphatic heterocycles. The van der Waals surface area contributed by atoms with E-state index in [1.807, 2.05) is 24.3 Å². The van der Waals surface area contributed by atoms with Crippen molar-refractivity contribution in [2.45, 2.75) is 0 Å². The number of nitro benzene ring substituents is 1. The second-order valence-corrected chi connectivity index (χ2v) is 6.51. The van der Waals surface area contributed by atoms with Crippen molar-refractivity contribution in [3.05, 3.63) is 82.9 Å². The summed E-state index contributed by atoms with van der Waals surface area (Å²) in [6.45, 7) is 0. The lowest BCUT2D eigenvalue weighted by Gasteiger charge is -2.09. The molecule has 0 aliphatic rings. The Morgan fingerprint density at radius 1 is 0.862 bits per heavy atom. The molecule has 8 heteroatoms. The first-order chi connectivity index (χ1) is 14.1.